The first kappa shape index (κ1) is 33.8. The highest BCUT2D eigenvalue weighted by Gasteiger charge is 2.47. The van der Waals surface area contributed by atoms with E-state index in [0.29, 0.717) is 18.8 Å². The summed E-state index contributed by atoms with van der Waals surface area (Å²) in [6, 6.07) is 5.49. The van der Waals surface area contributed by atoms with Crippen molar-refractivity contribution in [1.29, 1.82) is 5.26 Å². The van der Waals surface area contributed by atoms with Crippen molar-refractivity contribution >= 4 is 17.5 Å². The summed E-state index contributed by atoms with van der Waals surface area (Å²) in [4.78, 5) is 17.1. The van der Waals surface area contributed by atoms with Crippen LogP contribution in [-0.4, -0.2) is 53.9 Å². The van der Waals surface area contributed by atoms with Crippen LogP contribution in [0.1, 0.15) is 74.0 Å². The van der Waals surface area contributed by atoms with Crippen molar-refractivity contribution in [2.45, 2.75) is 78.2 Å². The van der Waals surface area contributed by atoms with E-state index in [1.54, 1.807) is 0 Å². The van der Waals surface area contributed by atoms with Crippen molar-refractivity contribution in [2.75, 3.05) is 6.54 Å². The van der Waals surface area contributed by atoms with E-state index in [-0.39, 0.29) is 35.0 Å². The number of alkyl halides is 5. The molecule has 0 unspecified atom stereocenters. The van der Waals surface area contributed by atoms with Crippen LogP contribution < -0.4 is 10.1 Å². The molecule has 1 aliphatic rings. The molecule has 0 bridgehead atoms. The molecule has 9 nitrogen and oxygen atoms in total. The van der Waals surface area contributed by atoms with Gasteiger partial charge in [-0.05, 0) is 62.6 Å². The number of nitrogens with zero attached hydrogens (tertiary/aromatic N) is 3. The predicted molar refractivity (Wildman–Crippen MR) is 137 cm³/mol. The molecule has 1 aromatic heterocycles. The van der Waals surface area contributed by atoms with Gasteiger partial charge in [-0.1, -0.05) is 26.8 Å². The first-order valence-corrected chi connectivity index (χ1v) is 13.2. The number of hydrogen-bond acceptors (Lipinski definition) is 7. The quantitative estimate of drug-likeness (QED) is 0.413. The third-order valence-electron chi connectivity index (χ3n) is 7.04. The maximum atomic E-state index is 13.4. The summed E-state index contributed by atoms with van der Waals surface area (Å²) in [6.07, 6.45) is -2.38. The van der Waals surface area contributed by atoms with Gasteiger partial charge >= 0.3 is 24.4 Å². The molecule has 1 aliphatic carbocycles. The molecular formula is C26H31F5N4O5S. The molecule has 3 rings (SSSR count). The Morgan fingerprint density at radius 2 is 1.88 bits per heavy atom. The molecule has 0 radical (unpaired) electrons. The number of rotatable bonds is 8. The molecule has 0 spiro atoms. The van der Waals surface area contributed by atoms with E-state index in [4.69, 9.17) is 8.42 Å². The Morgan fingerprint density at radius 1 is 1.29 bits per heavy atom. The first-order valence-electron chi connectivity index (χ1n) is 12.5. The van der Waals surface area contributed by atoms with Crippen LogP contribution in [-0.2, 0) is 18.0 Å². The molecule has 2 N–H and O–H groups in total. The van der Waals surface area contributed by atoms with Crippen LogP contribution in [0.5, 0.6) is 5.75 Å². The van der Waals surface area contributed by atoms with E-state index < -0.39 is 53.5 Å². The van der Waals surface area contributed by atoms with Crippen LogP contribution in [0.15, 0.2) is 18.2 Å². The van der Waals surface area contributed by atoms with Crippen LogP contribution >= 0.6 is 0 Å². The Bertz CT molecular complexity index is 1310. The second kappa shape index (κ2) is 13.5. The van der Waals surface area contributed by atoms with Gasteiger partial charge in [-0.25, -0.2) is 4.98 Å². The third kappa shape index (κ3) is 8.56. The van der Waals surface area contributed by atoms with E-state index in [0.717, 1.165) is 37.3 Å². The minimum Gasteiger partial charge on any atom is -0.433 e. The zero-order valence-corrected chi connectivity index (χ0v) is 23.7. The fourth-order valence-electron chi connectivity index (χ4n) is 4.55. The lowest BCUT2D eigenvalue weighted by Gasteiger charge is -2.34. The van der Waals surface area contributed by atoms with Crippen molar-refractivity contribution in [1.82, 2.24) is 14.9 Å². The standard InChI is InChI=1S/C26H31F5N4O3.O2S/c1-15-7-9-25(37,10-8-15)14-33-22(36)21-19(13-32)35(16(2)34-21)18-6-5-17(11-20(18)38-23(27)28)12-24(3,4)26(29,30)31;1-3-2/h5-6,11,15,23,37H,7-10,12,14H2,1-4H3,(H,33,36);. The van der Waals surface area contributed by atoms with Gasteiger partial charge in [-0.3, -0.25) is 9.36 Å². The normalized spacial score (nSPS) is 19.1. The first-order chi connectivity index (χ1) is 19.0. The van der Waals surface area contributed by atoms with Crippen LogP contribution in [0, 0.1) is 29.6 Å². The maximum absolute atomic E-state index is 13.4. The summed E-state index contributed by atoms with van der Waals surface area (Å²) < 4.78 is 89.0. The molecule has 1 fully saturated rings. The number of amides is 1. The van der Waals surface area contributed by atoms with Gasteiger partial charge in [-0.2, -0.15) is 35.6 Å². The van der Waals surface area contributed by atoms with Crippen molar-refractivity contribution < 1.29 is 45.0 Å². The summed E-state index contributed by atoms with van der Waals surface area (Å²) >= 11 is -0.750. The number of benzene rings is 1. The molecule has 1 heterocycles. The van der Waals surface area contributed by atoms with E-state index in [2.05, 4.69) is 22.0 Å². The number of aromatic nitrogens is 2. The molecule has 41 heavy (non-hydrogen) atoms. The van der Waals surface area contributed by atoms with Gasteiger partial charge in [0.1, 0.15) is 17.6 Å². The SMILES string of the molecule is Cc1nc(C(=O)NCC2(O)CCC(C)CC2)c(C#N)n1-c1ccc(CC(C)(C)C(F)(F)F)cc1OC(F)F.O=S=O. The number of aliphatic hydroxyl groups is 1. The molecular weight excluding hydrogens is 575 g/mol. The summed E-state index contributed by atoms with van der Waals surface area (Å²) in [5.41, 5.74) is -3.75. The zero-order valence-electron chi connectivity index (χ0n) is 22.8. The highest BCUT2D eigenvalue weighted by molar-refractivity contribution is 7.51. The van der Waals surface area contributed by atoms with Gasteiger partial charge in [0.25, 0.3) is 5.91 Å². The maximum Gasteiger partial charge on any atom is 0.394 e. The molecule has 0 aliphatic heterocycles. The second-order valence-corrected chi connectivity index (χ2v) is 10.8. The Hall–Kier alpha value is -3.38. The largest absolute Gasteiger partial charge is 0.433 e. The van der Waals surface area contributed by atoms with Crippen LogP contribution in [0.4, 0.5) is 22.0 Å². The minimum atomic E-state index is -4.53. The Morgan fingerprint density at radius 3 is 2.39 bits per heavy atom. The molecule has 1 aromatic carbocycles. The number of imidazole rings is 1. The number of hydrogen-bond donors (Lipinski definition) is 2. The van der Waals surface area contributed by atoms with Gasteiger partial charge in [0, 0.05) is 6.54 Å². The van der Waals surface area contributed by atoms with Gasteiger partial charge in [-0.15, -0.1) is 0 Å². The van der Waals surface area contributed by atoms with Gasteiger partial charge < -0.3 is 15.2 Å². The molecule has 0 saturated heterocycles. The molecule has 0 atom stereocenters. The fourth-order valence-corrected chi connectivity index (χ4v) is 4.55. The van der Waals surface area contributed by atoms with Gasteiger partial charge in [0.15, 0.2) is 11.4 Å². The van der Waals surface area contributed by atoms with Crippen molar-refractivity contribution in [3.8, 4) is 17.5 Å². The predicted octanol–water partition coefficient (Wildman–Crippen LogP) is 4.79. The summed E-state index contributed by atoms with van der Waals surface area (Å²) in [5.74, 6) is -0.620. The topological polar surface area (TPSA) is 134 Å². The lowest BCUT2D eigenvalue weighted by atomic mass is 9.79. The van der Waals surface area contributed by atoms with E-state index in [9.17, 15) is 37.1 Å². The zero-order chi connectivity index (χ0) is 31.2. The molecule has 1 amide bonds. The number of aryl methyl sites for hydroxylation is 1. The van der Waals surface area contributed by atoms with E-state index in [1.807, 2.05) is 6.07 Å². The minimum absolute atomic E-state index is 0.0429. The fraction of sp³-hybridized carbons (Fsp3) is 0.577. The molecule has 226 valence electrons. The van der Waals surface area contributed by atoms with Gasteiger partial charge in [0.2, 0.25) is 0 Å². The Kier molecular flexibility index (Phi) is 11.2. The monoisotopic (exact) mass is 606 g/mol. The number of carbonyl (C=O) groups excluding carboxylic acids is 1. The van der Waals surface area contributed by atoms with Crippen LogP contribution in [0.2, 0.25) is 0 Å². The Labute approximate surface area is 237 Å². The van der Waals surface area contributed by atoms with Crippen molar-refractivity contribution in [3.05, 3.63) is 41.0 Å². The average Bonchev–Trinajstić information content (AvgIpc) is 3.20. The highest BCUT2D eigenvalue weighted by Crippen LogP contribution is 2.41. The van der Waals surface area contributed by atoms with Crippen molar-refractivity contribution in [2.24, 2.45) is 11.3 Å². The van der Waals surface area contributed by atoms with E-state index in [1.165, 1.54) is 19.1 Å². The number of nitrogens with one attached hydrogen (secondary N) is 1. The average molecular weight is 607 g/mol. The molecule has 15 heteroatoms. The number of carbonyl (C=O) groups is 1. The lowest BCUT2D eigenvalue weighted by Crippen LogP contribution is -2.45. The number of nitriles is 1. The van der Waals surface area contributed by atoms with E-state index >= 15 is 0 Å². The van der Waals surface area contributed by atoms with Crippen LogP contribution in [0.3, 0.4) is 0 Å². The summed E-state index contributed by atoms with van der Waals surface area (Å²) in [5, 5.41) is 23.2. The number of ether oxygens (including phenoxy) is 1. The number of halogens is 5. The van der Waals surface area contributed by atoms with Crippen LogP contribution in [0.25, 0.3) is 5.69 Å². The Balaban J connectivity index is 0.00000187. The van der Waals surface area contributed by atoms with Crippen molar-refractivity contribution in [3.63, 3.8) is 0 Å². The third-order valence-corrected chi connectivity index (χ3v) is 7.04. The lowest BCUT2D eigenvalue weighted by molar-refractivity contribution is -0.211. The van der Waals surface area contributed by atoms with Gasteiger partial charge in [0.05, 0.1) is 16.7 Å². The summed E-state index contributed by atoms with van der Waals surface area (Å²) in [6.45, 7) is 2.19. The summed E-state index contributed by atoms with van der Waals surface area (Å²) in [7, 11) is 0. The highest BCUT2D eigenvalue weighted by atomic mass is 32.1. The second-order valence-electron chi connectivity index (χ2n) is 10.7. The molecule has 2 aromatic rings. The molecule has 1 saturated carbocycles. The smallest absolute Gasteiger partial charge is 0.394 e.